The molecular formula is C36H29F2N3O5S. The Bertz CT molecular complexity index is 2180. The summed E-state index contributed by atoms with van der Waals surface area (Å²) in [5, 5.41) is 2.94. The van der Waals surface area contributed by atoms with Crippen molar-refractivity contribution < 1.29 is 27.8 Å². The van der Waals surface area contributed by atoms with Crippen molar-refractivity contribution in [3.05, 3.63) is 150 Å². The van der Waals surface area contributed by atoms with E-state index in [-0.39, 0.29) is 23.8 Å². The van der Waals surface area contributed by atoms with Gasteiger partial charge < -0.3 is 19.5 Å². The summed E-state index contributed by atoms with van der Waals surface area (Å²) in [6.07, 6.45) is 1.72. The van der Waals surface area contributed by atoms with Crippen molar-refractivity contribution in [1.82, 2.24) is 4.57 Å². The predicted octanol–water partition coefficient (Wildman–Crippen LogP) is 5.75. The summed E-state index contributed by atoms with van der Waals surface area (Å²) in [5.41, 5.74) is 3.08. The topological polar surface area (TPSA) is 91.2 Å². The molecule has 0 bridgehead atoms. The van der Waals surface area contributed by atoms with Crippen molar-refractivity contribution in [2.75, 3.05) is 19.5 Å². The smallest absolute Gasteiger partial charge is 0.271 e. The Morgan fingerprint density at radius 3 is 2.40 bits per heavy atom. The zero-order chi connectivity index (χ0) is 33.1. The SMILES string of the molecule is COc1ccc([C@H]2C(C(=O)Nc3ccccc3)=C(C)N=c3s/c(=C/c4ccc(OC)c(COc5ccc(F)cc5F)c4)c(=O)n32)cc1. The maximum Gasteiger partial charge on any atom is 0.271 e. The van der Waals surface area contributed by atoms with Gasteiger partial charge in [0, 0.05) is 17.3 Å². The number of halogens is 2. The van der Waals surface area contributed by atoms with Gasteiger partial charge in [0.05, 0.1) is 36.1 Å². The Balaban J connectivity index is 1.40. The number of methoxy groups -OCH3 is 2. The van der Waals surface area contributed by atoms with E-state index in [0.717, 1.165) is 12.1 Å². The summed E-state index contributed by atoms with van der Waals surface area (Å²) in [7, 11) is 3.07. The number of nitrogens with zero attached hydrogens (tertiary/aromatic N) is 2. The first-order valence-electron chi connectivity index (χ1n) is 14.5. The molecule has 2 heterocycles. The van der Waals surface area contributed by atoms with Gasteiger partial charge in [-0.1, -0.05) is 47.7 Å². The van der Waals surface area contributed by atoms with Crippen molar-refractivity contribution in [2.24, 2.45) is 4.99 Å². The number of carbonyl (C=O) groups is 1. The second kappa shape index (κ2) is 13.4. The Labute approximate surface area is 272 Å². The highest BCUT2D eigenvalue weighted by molar-refractivity contribution is 7.07. The molecule has 1 aromatic heterocycles. The van der Waals surface area contributed by atoms with E-state index >= 15 is 0 Å². The molecule has 5 aromatic rings. The van der Waals surface area contributed by atoms with Gasteiger partial charge in [-0.25, -0.2) is 13.8 Å². The van der Waals surface area contributed by atoms with Crippen LogP contribution >= 0.6 is 11.3 Å². The molecule has 6 rings (SSSR count). The van der Waals surface area contributed by atoms with Gasteiger partial charge >= 0.3 is 0 Å². The van der Waals surface area contributed by atoms with Crippen molar-refractivity contribution in [2.45, 2.75) is 19.6 Å². The minimum Gasteiger partial charge on any atom is -0.497 e. The van der Waals surface area contributed by atoms with E-state index in [0.29, 0.717) is 54.5 Å². The van der Waals surface area contributed by atoms with Crippen LogP contribution in [0, 0.1) is 11.6 Å². The molecule has 1 atom stereocenters. The lowest BCUT2D eigenvalue weighted by atomic mass is 9.95. The van der Waals surface area contributed by atoms with E-state index in [1.807, 2.05) is 30.3 Å². The van der Waals surface area contributed by atoms with Crippen LogP contribution < -0.4 is 34.4 Å². The average molecular weight is 654 g/mol. The number of para-hydroxylation sites is 1. The number of thiazole rings is 1. The molecule has 0 spiro atoms. The normalized spacial score (nSPS) is 14.3. The summed E-state index contributed by atoms with van der Waals surface area (Å²) in [4.78, 5) is 33.0. The Morgan fingerprint density at radius 1 is 0.957 bits per heavy atom. The fourth-order valence-corrected chi connectivity index (χ4v) is 6.38. The third kappa shape index (κ3) is 6.56. The van der Waals surface area contributed by atoms with Crippen molar-refractivity contribution in [3.8, 4) is 17.2 Å². The van der Waals surface area contributed by atoms with Crippen LogP contribution in [0.4, 0.5) is 14.5 Å². The number of aromatic nitrogens is 1. The van der Waals surface area contributed by atoms with Gasteiger partial charge in [0.2, 0.25) is 0 Å². The van der Waals surface area contributed by atoms with Crippen LogP contribution in [-0.2, 0) is 11.4 Å². The number of nitrogens with one attached hydrogen (secondary N) is 1. The van der Waals surface area contributed by atoms with E-state index in [2.05, 4.69) is 5.32 Å². The monoisotopic (exact) mass is 653 g/mol. The third-order valence-electron chi connectivity index (χ3n) is 7.61. The summed E-state index contributed by atoms with van der Waals surface area (Å²) in [6, 6.07) is 23.9. The molecule has 11 heteroatoms. The highest BCUT2D eigenvalue weighted by Gasteiger charge is 2.32. The van der Waals surface area contributed by atoms with Gasteiger partial charge in [-0.15, -0.1) is 0 Å². The molecule has 0 unspecified atom stereocenters. The molecule has 1 aliphatic heterocycles. The number of benzene rings is 4. The highest BCUT2D eigenvalue weighted by Crippen LogP contribution is 2.32. The van der Waals surface area contributed by atoms with Gasteiger partial charge in [0.25, 0.3) is 11.5 Å². The molecule has 1 N–H and O–H groups in total. The van der Waals surface area contributed by atoms with Crippen LogP contribution in [0.2, 0.25) is 0 Å². The molecule has 0 saturated carbocycles. The number of allylic oxidation sites excluding steroid dienone is 1. The van der Waals surface area contributed by atoms with E-state index in [9.17, 15) is 18.4 Å². The average Bonchev–Trinajstić information content (AvgIpc) is 3.37. The summed E-state index contributed by atoms with van der Waals surface area (Å²) < 4.78 is 45.9. The number of hydrogen-bond acceptors (Lipinski definition) is 7. The molecule has 0 aliphatic carbocycles. The van der Waals surface area contributed by atoms with Crippen LogP contribution in [0.25, 0.3) is 6.08 Å². The Morgan fingerprint density at radius 2 is 1.70 bits per heavy atom. The molecule has 47 heavy (non-hydrogen) atoms. The first kappa shape index (κ1) is 31.4. The molecule has 1 aliphatic rings. The zero-order valence-corrected chi connectivity index (χ0v) is 26.4. The molecule has 0 radical (unpaired) electrons. The molecule has 0 saturated heterocycles. The predicted molar refractivity (Wildman–Crippen MR) is 176 cm³/mol. The lowest BCUT2D eigenvalue weighted by Crippen LogP contribution is -2.40. The second-order valence-electron chi connectivity index (χ2n) is 10.6. The molecule has 1 amide bonds. The van der Waals surface area contributed by atoms with Gasteiger partial charge in [-0.05, 0) is 72.7 Å². The summed E-state index contributed by atoms with van der Waals surface area (Å²) in [6.45, 7) is 1.69. The number of carbonyl (C=O) groups excluding carboxylic acids is 1. The first-order chi connectivity index (χ1) is 22.7. The van der Waals surface area contributed by atoms with E-state index in [4.69, 9.17) is 19.2 Å². The number of rotatable bonds is 9. The van der Waals surface area contributed by atoms with Crippen LogP contribution in [-0.4, -0.2) is 24.7 Å². The van der Waals surface area contributed by atoms with E-state index < -0.39 is 17.7 Å². The van der Waals surface area contributed by atoms with Crippen molar-refractivity contribution in [1.29, 1.82) is 0 Å². The number of ether oxygens (including phenoxy) is 3. The first-order valence-corrected chi connectivity index (χ1v) is 15.3. The van der Waals surface area contributed by atoms with Crippen molar-refractivity contribution >= 4 is 29.0 Å². The maximum absolute atomic E-state index is 14.2. The van der Waals surface area contributed by atoms with Crippen LogP contribution in [0.15, 0.2) is 112 Å². The van der Waals surface area contributed by atoms with E-state index in [1.54, 1.807) is 62.6 Å². The minimum absolute atomic E-state index is 0.0643. The van der Waals surface area contributed by atoms with Crippen molar-refractivity contribution in [3.63, 3.8) is 0 Å². The fraction of sp³-hybridized carbons (Fsp3) is 0.139. The Hall–Kier alpha value is -5.55. The third-order valence-corrected chi connectivity index (χ3v) is 8.59. The largest absolute Gasteiger partial charge is 0.497 e. The molecular weight excluding hydrogens is 624 g/mol. The summed E-state index contributed by atoms with van der Waals surface area (Å²) >= 11 is 1.20. The number of amides is 1. The fourth-order valence-electron chi connectivity index (χ4n) is 5.33. The lowest BCUT2D eigenvalue weighted by molar-refractivity contribution is -0.113. The zero-order valence-electron chi connectivity index (χ0n) is 25.6. The standard InChI is InChI=1S/C36H29F2N3O5S/c1-21-32(34(42)40-26-7-5-4-6-8-26)33(23-10-13-27(44-2)14-11-23)41-35(43)31(47-36(41)39-21)18-22-9-15-29(45-3)24(17-22)20-46-30-16-12-25(37)19-28(30)38/h4-19,33H,20H2,1-3H3,(H,40,42)/b31-18+/t33-/m0/s1. The molecule has 8 nitrogen and oxygen atoms in total. The number of hydrogen-bond donors (Lipinski definition) is 1. The van der Waals surface area contributed by atoms with Gasteiger partial charge in [-0.3, -0.25) is 14.2 Å². The lowest BCUT2D eigenvalue weighted by Gasteiger charge is -2.25. The minimum atomic E-state index is -0.820. The van der Waals surface area contributed by atoms with Gasteiger partial charge in [0.1, 0.15) is 23.9 Å². The van der Waals surface area contributed by atoms with Gasteiger partial charge in [0.15, 0.2) is 16.4 Å². The highest BCUT2D eigenvalue weighted by atomic mass is 32.1. The van der Waals surface area contributed by atoms with Crippen LogP contribution in [0.5, 0.6) is 17.2 Å². The number of fused-ring (bicyclic) bond motifs is 1. The van der Waals surface area contributed by atoms with Gasteiger partial charge in [-0.2, -0.15) is 0 Å². The Kier molecular flexibility index (Phi) is 8.99. The number of anilines is 1. The maximum atomic E-state index is 14.2. The van der Waals surface area contributed by atoms with Crippen LogP contribution in [0.3, 0.4) is 0 Å². The molecule has 0 fully saturated rings. The quantitative estimate of drug-likeness (QED) is 0.219. The van der Waals surface area contributed by atoms with Crippen LogP contribution in [0.1, 0.15) is 29.7 Å². The van der Waals surface area contributed by atoms with E-state index in [1.165, 1.54) is 29.1 Å². The molecule has 238 valence electrons. The summed E-state index contributed by atoms with van der Waals surface area (Å²) in [5.74, 6) is -0.865. The second-order valence-corrected chi connectivity index (χ2v) is 11.6. The molecule has 4 aromatic carbocycles.